The molecular formula is C17H28N2OS. The Kier molecular flexibility index (Phi) is 6.14. The van der Waals surface area contributed by atoms with Crippen molar-refractivity contribution in [2.24, 2.45) is 16.3 Å². The van der Waals surface area contributed by atoms with E-state index in [-0.39, 0.29) is 10.8 Å². The van der Waals surface area contributed by atoms with Gasteiger partial charge in [0.25, 0.3) is 0 Å². The van der Waals surface area contributed by atoms with Crippen LogP contribution < -0.4 is 5.73 Å². The van der Waals surface area contributed by atoms with E-state index in [2.05, 4.69) is 50.2 Å². The molecule has 0 aliphatic rings. The average molecular weight is 308 g/mol. The van der Waals surface area contributed by atoms with Crippen LogP contribution >= 0.6 is 11.8 Å². The van der Waals surface area contributed by atoms with Crippen LogP contribution in [0.15, 0.2) is 34.3 Å². The number of nitrogens with two attached hydrogens (primary N) is 1. The van der Waals surface area contributed by atoms with E-state index in [9.17, 15) is 0 Å². The predicted octanol–water partition coefficient (Wildman–Crippen LogP) is 4.63. The van der Waals surface area contributed by atoms with E-state index in [0.717, 1.165) is 18.6 Å². The Labute approximate surface area is 133 Å². The minimum atomic E-state index is -0.245. The number of hydrogen-bond donors (Lipinski definition) is 2. The fourth-order valence-corrected chi connectivity index (χ4v) is 2.87. The van der Waals surface area contributed by atoms with Crippen molar-refractivity contribution in [2.75, 3.05) is 5.75 Å². The van der Waals surface area contributed by atoms with Crippen molar-refractivity contribution in [2.45, 2.75) is 57.8 Å². The van der Waals surface area contributed by atoms with Crippen LogP contribution in [0.25, 0.3) is 0 Å². The molecule has 0 atom stereocenters. The minimum absolute atomic E-state index is 0.203. The van der Waals surface area contributed by atoms with Gasteiger partial charge in [-0.15, -0.1) is 11.8 Å². The van der Waals surface area contributed by atoms with E-state index in [1.165, 1.54) is 10.5 Å². The highest BCUT2D eigenvalue weighted by Crippen LogP contribution is 2.28. The number of oxime groups is 1. The molecule has 0 saturated heterocycles. The first-order valence-electron chi connectivity index (χ1n) is 7.38. The number of nitrogens with zero attached hydrogens (tertiary/aromatic N) is 1. The average Bonchev–Trinajstić information content (AvgIpc) is 2.42. The van der Waals surface area contributed by atoms with Crippen molar-refractivity contribution in [3.8, 4) is 0 Å². The third-order valence-corrected chi connectivity index (χ3v) is 4.83. The van der Waals surface area contributed by atoms with Gasteiger partial charge in [-0.25, -0.2) is 0 Å². The third kappa shape index (κ3) is 5.62. The monoisotopic (exact) mass is 308 g/mol. The van der Waals surface area contributed by atoms with E-state index in [1.54, 1.807) is 0 Å². The van der Waals surface area contributed by atoms with Crippen molar-refractivity contribution >= 4 is 17.6 Å². The SMILES string of the molecule is CC(C)(CCCSc1ccc(C(C)(C)C)cc1)C(N)=NO. The zero-order chi connectivity index (χ0) is 16.1. The first-order chi connectivity index (χ1) is 9.66. The smallest absolute Gasteiger partial charge is 0.144 e. The quantitative estimate of drug-likeness (QED) is 0.201. The number of hydrogen-bond acceptors (Lipinski definition) is 3. The number of amidine groups is 1. The van der Waals surface area contributed by atoms with Crippen LogP contribution in [-0.2, 0) is 5.41 Å². The Morgan fingerprint density at radius 3 is 2.19 bits per heavy atom. The molecule has 4 heteroatoms. The Morgan fingerprint density at radius 2 is 1.71 bits per heavy atom. The van der Waals surface area contributed by atoms with Gasteiger partial charge in [-0.2, -0.15) is 0 Å². The fourth-order valence-electron chi connectivity index (χ4n) is 2.02. The van der Waals surface area contributed by atoms with Crippen LogP contribution in [0, 0.1) is 5.41 Å². The summed E-state index contributed by atoms with van der Waals surface area (Å²) in [5, 5.41) is 11.9. The van der Waals surface area contributed by atoms with Gasteiger partial charge in [0.2, 0.25) is 0 Å². The fraction of sp³-hybridized carbons (Fsp3) is 0.588. The third-order valence-electron chi connectivity index (χ3n) is 3.74. The second kappa shape index (κ2) is 7.21. The summed E-state index contributed by atoms with van der Waals surface area (Å²) in [6.45, 7) is 10.7. The molecule has 1 rings (SSSR count). The highest BCUT2D eigenvalue weighted by Gasteiger charge is 2.22. The molecule has 0 radical (unpaired) electrons. The van der Waals surface area contributed by atoms with Crippen molar-refractivity contribution in [1.29, 1.82) is 0 Å². The number of thioether (sulfide) groups is 1. The van der Waals surface area contributed by atoms with Gasteiger partial charge in [0.15, 0.2) is 0 Å². The first-order valence-corrected chi connectivity index (χ1v) is 8.37. The summed E-state index contributed by atoms with van der Waals surface area (Å²) in [4.78, 5) is 1.30. The first kappa shape index (κ1) is 17.9. The second-order valence-electron chi connectivity index (χ2n) is 7.10. The van der Waals surface area contributed by atoms with Gasteiger partial charge < -0.3 is 10.9 Å². The van der Waals surface area contributed by atoms with Gasteiger partial charge in [-0.1, -0.05) is 51.9 Å². The van der Waals surface area contributed by atoms with Gasteiger partial charge in [-0.05, 0) is 41.7 Å². The topological polar surface area (TPSA) is 58.6 Å². The standard InChI is InChI=1S/C17H28N2OS/c1-16(2,3)13-7-9-14(10-8-13)21-12-6-11-17(4,5)15(18)19-20/h7-10,20H,6,11-12H2,1-5H3,(H2,18,19). The molecular weight excluding hydrogens is 280 g/mol. The predicted molar refractivity (Wildman–Crippen MR) is 92.3 cm³/mol. The van der Waals surface area contributed by atoms with Crippen LogP contribution in [0.5, 0.6) is 0 Å². The van der Waals surface area contributed by atoms with E-state index < -0.39 is 0 Å². The summed E-state index contributed by atoms with van der Waals surface area (Å²) in [5.74, 6) is 1.35. The Hall–Kier alpha value is -1.16. The lowest BCUT2D eigenvalue weighted by Crippen LogP contribution is -2.31. The van der Waals surface area contributed by atoms with Gasteiger partial charge in [-0.3, -0.25) is 0 Å². The summed E-state index contributed by atoms with van der Waals surface area (Å²) >= 11 is 1.86. The summed E-state index contributed by atoms with van der Waals surface area (Å²) in [7, 11) is 0. The molecule has 0 aliphatic carbocycles. The van der Waals surface area contributed by atoms with Crippen LogP contribution in [0.1, 0.15) is 53.0 Å². The zero-order valence-corrected chi connectivity index (χ0v) is 14.6. The molecule has 3 nitrogen and oxygen atoms in total. The Balaban J connectivity index is 2.43. The molecule has 0 saturated carbocycles. The molecule has 1 aromatic carbocycles. The molecule has 0 fully saturated rings. The molecule has 118 valence electrons. The normalized spacial score (nSPS) is 13.5. The molecule has 0 heterocycles. The summed E-state index contributed by atoms with van der Waals surface area (Å²) in [5.41, 5.74) is 7.01. The largest absolute Gasteiger partial charge is 0.409 e. The van der Waals surface area contributed by atoms with E-state index in [0.29, 0.717) is 5.84 Å². The van der Waals surface area contributed by atoms with Crippen LogP contribution in [0.3, 0.4) is 0 Å². The van der Waals surface area contributed by atoms with Gasteiger partial charge in [0.05, 0.1) is 0 Å². The highest BCUT2D eigenvalue weighted by molar-refractivity contribution is 7.99. The number of benzene rings is 1. The molecule has 21 heavy (non-hydrogen) atoms. The van der Waals surface area contributed by atoms with Gasteiger partial charge in [0, 0.05) is 10.3 Å². The minimum Gasteiger partial charge on any atom is -0.409 e. The lowest BCUT2D eigenvalue weighted by atomic mass is 9.87. The maximum Gasteiger partial charge on any atom is 0.144 e. The Bertz CT molecular complexity index is 473. The zero-order valence-electron chi connectivity index (χ0n) is 13.8. The molecule has 0 aromatic heterocycles. The summed E-state index contributed by atoms with van der Waals surface area (Å²) in [6, 6.07) is 8.81. The van der Waals surface area contributed by atoms with E-state index in [1.807, 2.05) is 25.6 Å². The van der Waals surface area contributed by atoms with Crippen LogP contribution in [0.4, 0.5) is 0 Å². The maximum absolute atomic E-state index is 8.75. The summed E-state index contributed by atoms with van der Waals surface area (Å²) < 4.78 is 0. The van der Waals surface area contributed by atoms with Gasteiger partial charge in [0.1, 0.15) is 5.84 Å². The van der Waals surface area contributed by atoms with Crippen LogP contribution in [-0.4, -0.2) is 16.8 Å². The Morgan fingerprint density at radius 1 is 1.14 bits per heavy atom. The van der Waals surface area contributed by atoms with Crippen molar-refractivity contribution in [3.63, 3.8) is 0 Å². The van der Waals surface area contributed by atoms with Crippen molar-refractivity contribution in [1.82, 2.24) is 0 Å². The molecule has 3 N–H and O–H groups in total. The number of rotatable bonds is 6. The van der Waals surface area contributed by atoms with Crippen molar-refractivity contribution in [3.05, 3.63) is 29.8 Å². The maximum atomic E-state index is 8.75. The summed E-state index contributed by atoms with van der Waals surface area (Å²) in [6.07, 6.45) is 1.95. The van der Waals surface area contributed by atoms with Crippen molar-refractivity contribution < 1.29 is 5.21 Å². The van der Waals surface area contributed by atoms with Crippen LogP contribution in [0.2, 0.25) is 0 Å². The van der Waals surface area contributed by atoms with E-state index in [4.69, 9.17) is 10.9 Å². The lowest BCUT2D eigenvalue weighted by molar-refractivity contribution is 0.305. The second-order valence-corrected chi connectivity index (χ2v) is 8.26. The molecule has 0 amide bonds. The van der Waals surface area contributed by atoms with E-state index >= 15 is 0 Å². The highest BCUT2D eigenvalue weighted by atomic mass is 32.2. The lowest BCUT2D eigenvalue weighted by Gasteiger charge is -2.22. The molecule has 0 unspecified atom stereocenters. The molecule has 0 aliphatic heterocycles. The molecule has 0 bridgehead atoms. The van der Waals surface area contributed by atoms with Gasteiger partial charge >= 0.3 is 0 Å². The molecule has 1 aromatic rings. The molecule has 0 spiro atoms.